The number of nitrogens with one attached hydrogen (secondary N) is 1. The molecule has 0 aromatic heterocycles. The Hall–Kier alpha value is -2.40. The van der Waals surface area contributed by atoms with Gasteiger partial charge >= 0.3 is 0 Å². The second-order valence-electron chi connectivity index (χ2n) is 13.6. The Morgan fingerprint density at radius 3 is 2.59 bits per heavy atom. The van der Waals surface area contributed by atoms with Crippen molar-refractivity contribution in [3.05, 3.63) is 54.1 Å². The quantitative estimate of drug-likeness (QED) is 0.306. The van der Waals surface area contributed by atoms with E-state index in [4.69, 9.17) is 7.48 Å². The van der Waals surface area contributed by atoms with E-state index in [0.29, 0.717) is 11.8 Å². The van der Waals surface area contributed by atoms with E-state index in [1.165, 1.54) is 5.57 Å². The van der Waals surface area contributed by atoms with E-state index in [-0.39, 0.29) is 54.4 Å². The largest absolute Gasteiger partial charge is 0.490 e. The van der Waals surface area contributed by atoms with Crippen LogP contribution in [0.25, 0.3) is 0 Å². The zero-order chi connectivity index (χ0) is 28.1. The summed E-state index contributed by atoms with van der Waals surface area (Å²) in [4.78, 5) is 28.0. The number of hydrogen-bond donors (Lipinski definition) is 2. The van der Waals surface area contributed by atoms with Crippen molar-refractivity contribution in [3.63, 3.8) is 0 Å². The van der Waals surface area contributed by atoms with Crippen LogP contribution in [0.4, 0.5) is 0 Å². The third kappa shape index (κ3) is 3.52. The fourth-order valence-corrected chi connectivity index (χ4v) is 9.92. The first-order valence-electron chi connectivity index (χ1n) is 14.9. The molecule has 5 nitrogen and oxygen atoms in total. The van der Waals surface area contributed by atoms with E-state index in [2.05, 4.69) is 39.1 Å². The maximum atomic E-state index is 14.7. The average molecular weight is 524 g/mol. The molecule has 3 fully saturated rings. The highest BCUT2D eigenvalue weighted by molar-refractivity contribution is 6.05. The molecule has 1 amide bonds. The van der Waals surface area contributed by atoms with E-state index in [0.717, 1.165) is 24.2 Å². The Balaban J connectivity index is 1.61. The minimum atomic E-state index is -1.51. The highest BCUT2D eigenvalue weighted by Gasteiger charge is 2.68. The van der Waals surface area contributed by atoms with Gasteiger partial charge in [-0.1, -0.05) is 57.6 Å². The Morgan fingerprint density at radius 2 is 1.89 bits per heavy atom. The number of ketones is 1. The second-order valence-corrected chi connectivity index (χ2v) is 13.6. The molecule has 1 aromatic rings. The normalized spacial score (nSPS) is 49.1. The summed E-state index contributed by atoms with van der Waals surface area (Å²) in [6, 6.07) is 7.76. The summed E-state index contributed by atoms with van der Waals surface area (Å²) in [5.41, 5.74) is -0.490. The van der Waals surface area contributed by atoms with Gasteiger partial charge in [0.2, 0.25) is 5.91 Å². The molecule has 7 rings (SSSR count). The van der Waals surface area contributed by atoms with Crippen LogP contribution in [0.5, 0.6) is 5.75 Å². The van der Waals surface area contributed by atoms with Gasteiger partial charge in [-0.25, -0.2) is 0 Å². The van der Waals surface area contributed by atoms with Crippen molar-refractivity contribution in [3.8, 4) is 5.75 Å². The fourth-order valence-electron chi connectivity index (χ4n) is 9.92. The lowest BCUT2D eigenvalue weighted by Gasteiger charge is -2.50. The van der Waals surface area contributed by atoms with E-state index in [1.54, 1.807) is 6.08 Å². The van der Waals surface area contributed by atoms with Gasteiger partial charge in [0.05, 0.1) is 2.74 Å². The summed E-state index contributed by atoms with van der Waals surface area (Å²) in [6.07, 6.45) is 5.75. The molecule has 3 aliphatic carbocycles. The maximum absolute atomic E-state index is 14.7. The highest BCUT2D eigenvalue weighted by atomic mass is 16.6. The van der Waals surface area contributed by atoms with E-state index >= 15 is 0 Å². The number of amides is 1. The van der Waals surface area contributed by atoms with Crippen molar-refractivity contribution in [2.45, 2.75) is 72.1 Å². The Kier molecular flexibility index (Phi) is 4.91. The van der Waals surface area contributed by atoms with Gasteiger partial charge in [-0.15, -0.1) is 6.53 Å². The van der Waals surface area contributed by atoms with Crippen LogP contribution in [0, 0.1) is 52.3 Å². The molecule has 0 radical (unpaired) electrons. The number of rotatable bonds is 1. The van der Waals surface area contributed by atoms with Crippen molar-refractivity contribution < 1.29 is 22.2 Å². The van der Waals surface area contributed by atoms with Crippen LogP contribution in [-0.4, -0.2) is 28.6 Å². The molecule has 3 aliphatic heterocycles. The van der Waals surface area contributed by atoms with Crippen LogP contribution in [0.2, 0.25) is 0 Å². The van der Waals surface area contributed by atoms with Crippen LogP contribution in [-0.2, 0) is 16.0 Å². The molecule has 6 aliphatic rings. The molecule has 37 heavy (non-hydrogen) atoms. The number of aliphatic hydroxyl groups is 1. The number of benzene rings is 1. The van der Waals surface area contributed by atoms with E-state index < -0.39 is 28.9 Å². The SMILES string of the molecule is [2H][13C]([2H])=[13CH][13C@]1(C)[13CH]=[13C](C)[13C@H]2[13C@@H]3[13CH](Oc4ccc(cc4)CC4(O)C[13CH]([13C](=O)N4)[13C](=O)[13C@@H]31)[13C@H]1[13CH](C)[13CH2][13CH](C)[13CH2][13C@]12C. The molecule has 5 unspecified atom stereocenters. The molecule has 1 aromatic carbocycles. The molecule has 198 valence electrons. The van der Waals surface area contributed by atoms with Crippen LogP contribution in [0.3, 0.4) is 0 Å². The number of carbonyl (C=O) groups is 2. The van der Waals surface area contributed by atoms with Gasteiger partial charge < -0.3 is 15.2 Å². The lowest BCUT2D eigenvalue weighted by atomic mass is 10.0. The topological polar surface area (TPSA) is 75.6 Å². The Bertz CT molecular complexity index is 1270. The van der Waals surface area contributed by atoms with Gasteiger partial charge in [0.25, 0.3) is 0 Å². The zero-order valence-electron chi connectivity index (χ0n) is 24.6. The monoisotopic (exact) mass is 523 g/mol. The molecule has 11 atom stereocenters. The smallest absolute Gasteiger partial charge is 0.232 e. The highest BCUT2D eigenvalue weighted by Crippen LogP contribution is 2.68. The summed E-state index contributed by atoms with van der Waals surface area (Å²) in [7, 11) is 0. The number of Topliss-reactive ketones (excluding diaryl/α,β-unsaturated/α-hetero) is 1. The van der Waals surface area contributed by atoms with Crippen molar-refractivity contribution in [1.29, 1.82) is 0 Å². The number of allylic oxidation sites excluding steroid dienone is 3. The summed E-state index contributed by atoms with van der Waals surface area (Å²) < 4.78 is 23.1. The minimum absolute atomic E-state index is 0.0110. The van der Waals surface area contributed by atoms with Crippen LogP contribution in [0.1, 0.15) is 62.2 Å². The first-order chi connectivity index (χ1) is 18.2. The third-order valence-electron chi connectivity index (χ3n) is 10.7. The van der Waals surface area contributed by atoms with Crippen molar-refractivity contribution in [1.82, 2.24) is 5.32 Å². The zero-order valence-corrected chi connectivity index (χ0v) is 22.6. The minimum Gasteiger partial charge on any atom is -0.490 e. The predicted molar refractivity (Wildman–Crippen MR) is 142 cm³/mol. The first-order valence-corrected chi connectivity index (χ1v) is 13.9. The average Bonchev–Trinajstić information content (AvgIpc) is 3.24. The molecule has 5 heteroatoms. The van der Waals surface area contributed by atoms with Gasteiger partial charge in [0, 0.05) is 36.0 Å². The lowest BCUT2D eigenvalue weighted by Crippen LogP contribution is -2.50. The number of hydrogen-bond acceptors (Lipinski definition) is 4. The number of ether oxygens (including phenoxy) is 1. The first kappa shape index (κ1) is 22.6. The van der Waals surface area contributed by atoms with Crippen molar-refractivity contribution in [2.75, 3.05) is 0 Å². The third-order valence-corrected chi connectivity index (χ3v) is 10.7. The van der Waals surface area contributed by atoms with Crippen LogP contribution < -0.4 is 10.1 Å². The fraction of sp³-hybridized carbons (Fsp3) is 0.625. The van der Waals surface area contributed by atoms with E-state index in [1.807, 2.05) is 31.2 Å². The molecule has 2 N–H and O–H groups in total. The van der Waals surface area contributed by atoms with Crippen LogP contribution in [0.15, 0.2) is 48.5 Å². The van der Waals surface area contributed by atoms with Gasteiger partial charge in [0.15, 0.2) is 0 Å². The summed E-state index contributed by atoms with van der Waals surface area (Å²) in [5, 5.41) is 14.1. The standard InChI is InChI=1S/C32H41NO4/c1-7-30(5)14-19(4)24-23-26(30)27(34)22-16-32(36,33-29(22)35)15-20-8-10-21(11-9-20)37-28(23)25-18(3)12-17(2)13-31(24,25)6/h7-11,14,17-18,22-26,28,36H,1,12-13,15-16H2,2-6H3,(H,33,35)/t17?,18?,22?,23-,24-,25+,26+,28?,30+,31-,32?/m0/s1/i1+1D2,7+1,12+1,13+1,14+1,17+1,18+1,19+1,22+1,23+1,24+1,25+1,26+1,27+1,28+1,29+1,30+1,31+1. The lowest BCUT2D eigenvalue weighted by molar-refractivity contribution is -0.139. The summed E-state index contributed by atoms with van der Waals surface area (Å²) >= 11 is 0. The molecule has 0 spiro atoms. The van der Waals surface area contributed by atoms with E-state index in [9.17, 15) is 14.7 Å². The molecular weight excluding hydrogens is 480 g/mol. The summed E-state index contributed by atoms with van der Waals surface area (Å²) in [5.74, 6) is -0.578. The van der Waals surface area contributed by atoms with Crippen molar-refractivity contribution >= 4 is 11.7 Å². The molecular formula is C32H41NO4. The van der Waals surface area contributed by atoms with Gasteiger partial charge in [-0.05, 0) is 60.6 Å². The van der Waals surface area contributed by atoms with Gasteiger partial charge in [-0.2, -0.15) is 0 Å². The molecule has 1 saturated heterocycles. The molecule has 4 bridgehead atoms. The van der Waals surface area contributed by atoms with Crippen molar-refractivity contribution in [2.24, 2.45) is 52.3 Å². The molecule has 3 heterocycles. The Morgan fingerprint density at radius 1 is 1.16 bits per heavy atom. The van der Waals surface area contributed by atoms with Crippen LogP contribution >= 0.6 is 0 Å². The maximum Gasteiger partial charge on any atom is 0.232 e. The molecule has 2 saturated carbocycles. The summed E-state index contributed by atoms with van der Waals surface area (Å²) in [6.45, 7) is 10.7. The number of fused-ring (bicyclic) bond motifs is 4. The number of carbonyl (C=O) groups excluding carboxylic acids is 2. The predicted octanol–water partition coefficient (Wildman–Crippen LogP) is 5.09. The Labute approximate surface area is 223 Å². The second kappa shape index (κ2) is 8.05. The van der Waals surface area contributed by atoms with Gasteiger partial charge in [0.1, 0.15) is 29.3 Å². The van der Waals surface area contributed by atoms with Gasteiger partial charge in [-0.3, -0.25) is 9.59 Å².